The zero-order chi connectivity index (χ0) is 27.1. The Balaban J connectivity index is 3.26. The maximum absolute atomic E-state index is 8.58. The molecule has 0 aliphatic heterocycles. The summed E-state index contributed by atoms with van der Waals surface area (Å²) in [7, 11) is 0. The highest BCUT2D eigenvalue weighted by Crippen LogP contribution is 2.11. The molecule has 0 aliphatic carbocycles. The van der Waals surface area contributed by atoms with Crippen LogP contribution in [0.5, 0.6) is 0 Å². The molecule has 0 radical (unpaired) electrons. The molecule has 37 heavy (non-hydrogen) atoms. The summed E-state index contributed by atoms with van der Waals surface area (Å²) in [5.41, 5.74) is 0. The van der Waals surface area contributed by atoms with Crippen LogP contribution in [0.2, 0.25) is 0 Å². The van der Waals surface area contributed by atoms with E-state index in [9.17, 15) is 0 Å². The van der Waals surface area contributed by atoms with E-state index in [1.807, 2.05) is 13.8 Å². The van der Waals surface area contributed by atoms with Crippen LogP contribution in [-0.2, 0) is 33.2 Å². The molecule has 0 bridgehead atoms. The predicted molar refractivity (Wildman–Crippen MR) is 148 cm³/mol. The van der Waals surface area contributed by atoms with Crippen LogP contribution in [0, 0.1) is 0 Å². The maximum atomic E-state index is 8.58. The molecule has 0 aromatic heterocycles. The first-order valence-corrected chi connectivity index (χ1v) is 14.9. The zero-order valence-electron chi connectivity index (χ0n) is 24.4. The van der Waals surface area contributed by atoms with Crippen LogP contribution in [-0.4, -0.2) is 103 Å². The number of ether oxygens (including phenoxy) is 7. The Morgan fingerprint density at radius 1 is 0.432 bits per heavy atom. The normalized spacial score (nSPS) is 13.3. The number of aliphatic hydroxyl groups is 1. The summed E-state index contributed by atoms with van der Waals surface area (Å²) in [5, 5.41) is 8.58. The van der Waals surface area contributed by atoms with Crippen LogP contribution in [0.4, 0.5) is 0 Å². The Morgan fingerprint density at radius 3 is 1.38 bits per heavy atom. The van der Waals surface area contributed by atoms with Gasteiger partial charge in [-0.05, 0) is 20.3 Å². The lowest BCUT2D eigenvalue weighted by molar-refractivity contribution is -0.0688. The minimum Gasteiger partial charge on any atom is -0.394 e. The van der Waals surface area contributed by atoms with Gasteiger partial charge in [-0.2, -0.15) is 0 Å². The molecular weight excluding hydrogens is 476 g/mol. The average Bonchev–Trinajstić information content (AvgIpc) is 2.90. The van der Waals surface area contributed by atoms with Gasteiger partial charge in [-0.25, -0.2) is 0 Å². The quantitative estimate of drug-likeness (QED) is 0.118. The van der Waals surface area contributed by atoms with Crippen LogP contribution >= 0.6 is 0 Å². The molecule has 8 nitrogen and oxygen atoms in total. The van der Waals surface area contributed by atoms with Crippen molar-refractivity contribution in [3.8, 4) is 0 Å². The fraction of sp³-hybridized carbons (Fsp3) is 1.00. The van der Waals surface area contributed by atoms with E-state index in [1.165, 1.54) is 64.2 Å². The zero-order valence-corrected chi connectivity index (χ0v) is 24.4. The standard InChI is InChI=1S/C29H60O8/c1-4-5-6-7-8-9-10-11-12-13-14-16-35-26-28(2)37-27-29(3)36-25-24-34-23-22-33-21-20-32-19-18-31-17-15-30/h28-30H,4-27H2,1-3H3. The monoisotopic (exact) mass is 536 g/mol. The Labute approximate surface area is 228 Å². The molecule has 0 aromatic carbocycles. The lowest BCUT2D eigenvalue weighted by atomic mass is 10.1. The van der Waals surface area contributed by atoms with Crippen molar-refractivity contribution in [3.63, 3.8) is 0 Å². The number of hydrogen-bond donors (Lipinski definition) is 1. The van der Waals surface area contributed by atoms with Crippen molar-refractivity contribution < 1.29 is 38.3 Å². The molecule has 0 heterocycles. The molecule has 0 fully saturated rings. The van der Waals surface area contributed by atoms with Crippen LogP contribution in [0.15, 0.2) is 0 Å². The average molecular weight is 537 g/mol. The third kappa shape index (κ3) is 31.8. The number of unbranched alkanes of at least 4 members (excludes halogenated alkanes) is 10. The third-order valence-electron chi connectivity index (χ3n) is 5.84. The van der Waals surface area contributed by atoms with Crippen molar-refractivity contribution in [2.75, 3.05) is 85.9 Å². The second-order valence-electron chi connectivity index (χ2n) is 9.61. The summed E-state index contributed by atoms with van der Waals surface area (Å²) < 4.78 is 38.7. The van der Waals surface area contributed by atoms with Gasteiger partial charge in [0, 0.05) is 6.61 Å². The number of hydrogen-bond acceptors (Lipinski definition) is 8. The number of aliphatic hydroxyl groups excluding tert-OH is 1. The lowest BCUT2D eigenvalue weighted by Gasteiger charge is -2.18. The van der Waals surface area contributed by atoms with E-state index in [1.54, 1.807) is 0 Å². The molecule has 0 aromatic rings. The van der Waals surface area contributed by atoms with Gasteiger partial charge in [0.15, 0.2) is 0 Å². The molecule has 0 amide bonds. The predicted octanol–water partition coefficient (Wildman–Crippen LogP) is 5.18. The highest BCUT2D eigenvalue weighted by molar-refractivity contribution is 4.53. The summed E-state index contributed by atoms with van der Waals surface area (Å²) in [6.45, 7) is 12.9. The number of rotatable bonds is 32. The molecule has 0 spiro atoms. The largest absolute Gasteiger partial charge is 0.394 e. The fourth-order valence-corrected chi connectivity index (χ4v) is 3.65. The van der Waals surface area contributed by atoms with Gasteiger partial charge < -0.3 is 38.3 Å². The minimum atomic E-state index is 0.0208. The Kier molecular flexibility index (Phi) is 31.6. The third-order valence-corrected chi connectivity index (χ3v) is 5.84. The Morgan fingerprint density at radius 2 is 0.865 bits per heavy atom. The molecule has 0 rings (SSSR count). The Hall–Kier alpha value is -0.320. The van der Waals surface area contributed by atoms with Crippen molar-refractivity contribution in [1.29, 1.82) is 0 Å². The molecule has 2 unspecified atom stereocenters. The maximum Gasteiger partial charge on any atom is 0.0781 e. The molecule has 2 atom stereocenters. The van der Waals surface area contributed by atoms with Crippen LogP contribution in [0.25, 0.3) is 0 Å². The van der Waals surface area contributed by atoms with Crippen molar-refractivity contribution in [1.82, 2.24) is 0 Å². The summed E-state index contributed by atoms with van der Waals surface area (Å²) in [6.07, 6.45) is 15.0. The molecule has 0 saturated heterocycles. The van der Waals surface area contributed by atoms with E-state index in [0.29, 0.717) is 72.7 Å². The smallest absolute Gasteiger partial charge is 0.0781 e. The van der Waals surface area contributed by atoms with E-state index >= 15 is 0 Å². The summed E-state index contributed by atoms with van der Waals surface area (Å²) >= 11 is 0. The van der Waals surface area contributed by atoms with Gasteiger partial charge >= 0.3 is 0 Å². The van der Waals surface area contributed by atoms with Crippen molar-refractivity contribution in [3.05, 3.63) is 0 Å². The Bertz CT molecular complexity index is 413. The van der Waals surface area contributed by atoms with E-state index < -0.39 is 0 Å². The summed E-state index contributed by atoms with van der Waals surface area (Å²) in [4.78, 5) is 0. The van der Waals surface area contributed by atoms with Crippen molar-refractivity contribution in [2.45, 2.75) is 104 Å². The molecule has 0 saturated carbocycles. The van der Waals surface area contributed by atoms with Gasteiger partial charge in [-0.15, -0.1) is 0 Å². The van der Waals surface area contributed by atoms with Crippen molar-refractivity contribution in [2.24, 2.45) is 0 Å². The summed E-state index contributed by atoms with van der Waals surface area (Å²) in [6, 6.07) is 0. The second-order valence-corrected chi connectivity index (χ2v) is 9.61. The van der Waals surface area contributed by atoms with Crippen molar-refractivity contribution >= 4 is 0 Å². The molecule has 0 aliphatic rings. The minimum absolute atomic E-state index is 0.0208. The highest BCUT2D eigenvalue weighted by Gasteiger charge is 2.07. The first kappa shape index (κ1) is 36.7. The van der Waals surface area contributed by atoms with E-state index in [-0.39, 0.29) is 18.8 Å². The van der Waals surface area contributed by atoms with Gasteiger partial charge in [0.2, 0.25) is 0 Å². The fourth-order valence-electron chi connectivity index (χ4n) is 3.65. The van der Waals surface area contributed by atoms with Gasteiger partial charge in [-0.1, -0.05) is 71.1 Å². The molecule has 1 N–H and O–H groups in total. The van der Waals surface area contributed by atoms with E-state index in [0.717, 1.165) is 13.0 Å². The van der Waals surface area contributed by atoms with Crippen LogP contribution in [0.3, 0.4) is 0 Å². The molecule has 224 valence electrons. The lowest BCUT2D eigenvalue weighted by Crippen LogP contribution is -2.24. The second kappa shape index (κ2) is 31.9. The highest BCUT2D eigenvalue weighted by atomic mass is 16.6. The van der Waals surface area contributed by atoms with E-state index in [4.69, 9.17) is 38.3 Å². The topological polar surface area (TPSA) is 84.8 Å². The van der Waals surface area contributed by atoms with Gasteiger partial charge in [0.05, 0.1) is 91.5 Å². The summed E-state index contributed by atoms with van der Waals surface area (Å²) in [5.74, 6) is 0. The molecular formula is C29H60O8. The van der Waals surface area contributed by atoms with Gasteiger partial charge in [0.25, 0.3) is 0 Å². The SMILES string of the molecule is CCCCCCCCCCCCCOCC(C)OCC(C)OCCOCCOCCOCCOCCO. The van der Waals surface area contributed by atoms with E-state index in [2.05, 4.69) is 6.92 Å². The van der Waals surface area contributed by atoms with Crippen LogP contribution in [0.1, 0.15) is 91.4 Å². The molecule has 8 heteroatoms. The van der Waals surface area contributed by atoms with Gasteiger partial charge in [-0.3, -0.25) is 0 Å². The van der Waals surface area contributed by atoms with Crippen LogP contribution < -0.4 is 0 Å². The first-order chi connectivity index (χ1) is 18.2. The first-order valence-electron chi connectivity index (χ1n) is 14.9. The van der Waals surface area contributed by atoms with Gasteiger partial charge in [0.1, 0.15) is 0 Å².